The number of furan rings is 1. The molecule has 0 radical (unpaired) electrons. The van der Waals surface area contributed by atoms with Crippen LogP contribution in [0.25, 0.3) is 0 Å². The summed E-state index contributed by atoms with van der Waals surface area (Å²) in [5, 5.41) is 9.65. The molecule has 0 saturated heterocycles. The first-order valence-electron chi connectivity index (χ1n) is 7.79. The van der Waals surface area contributed by atoms with Gasteiger partial charge in [-0.15, -0.1) is 11.3 Å². The standard InChI is InChI=1S/C17H14N4O2S/c22-12-8-10(13-3-1-5-23-13)7-11-15(12)16(14-4-2-6-24-14)21-17(20-11)18-9-19-21/h1-7,9-10,15-16H,8H2,(H,18,19,20)/t10-,15-,16-/m1/s1. The van der Waals surface area contributed by atoms with Gasteiger partial charge in [0, 0.05) is 22.9 Å². The van der Waals surface area contributed by atoms with Gasteiger partial charge in [-0.25, -0.2) is 4.68 Å². The highest BCUT2D eigenvalue weighted by molar-refractivity contribution is 7.10. The first-order valence-corrected chi connectivity index (χ1v) is 8.67. The number of allylic oxidation sites excluding steroid dienone is 2. The van der Waals surface area contributed by atoms with E-state index in [0.29, 0.717) is 12.4 Å². The van der Waals surface area contributed by atoms with E-state index in [-0.39, 0.29) is 23.7 Å². The molecule has 3 atom stereocenters. The lowest BCUT2D eigenvalue weighted by Gasteiger charge is -2.36. The molecule has 0 aromatic carbocycles. The smallest absolute Gasteiger partial charge is 0.226 e. The number of thiophene rings is 1. The number of anilines is 1. The molecule has 2 aliphatic rings. The molecule has 5 rings (SSSR count). The van der Waals surface area contributed by atoms with Crippen molar-refractivity contribution in [1.29, 1.82) is 0 Å². The lowest BCUT2D eigenvalue weighted by atomic mass is 9.78. The van der Waals surface area contributed by atoms with Gasteiger partial charge < -0.3 is 9.73 Å². The lowest BCUT2D eigenvalue weighted by molar-refractivity contribution is -0.123. The largest absolute Gasteiger partial charge is 0.469 e. The van der Waals surface area contributed by atoms with Gasteiger partial charge in [-0.2, -0.15) is 10.1 Å². The predicted octanol–water partition coefficient (Wildman–Crippen LogP) is 3.20. The Morgan fingerprint density at radius 1 is 1.33 bits per heavy atom. The van der Waals surface area contributed by atoms with Gasteiger partial charge >= 0.3 is 0 Å². The molecule has 0 fully saturated rings. The van der Waals surface area contributed by atoms with E-state index in [0.717, 1.165) is 16.3 Å². The maximum absolute atomic E-state index is 13.0. The average Bonchev–Trinajstić information content (AvgIpc) is 3.33. The Balaban J connectivity index is 1.64. The minimum absolute atomic E-state index is 0.0373. The molecule has 0 spiro atoms. The number of hydrogen-bond donors (Lipinski definition) is 1. The van der Waals surface area contributed by atoms with Crippen molar-refractivity contribution in [2.45, 2.75) is 18.4 Å². The summed E-state index contributed by atoms with van der Waals surface area (Å²) in [4.78, 5) is 18.4. The SMILES string of the molecule is O=C1C[C@H](c2ccco2)C=C2Nc3ncnn3[C@H](c3cccs3)[C@@H]12. The van der Waals surface area contributed by atoms with Crippen LogP contribution in [0.1, 0.15) is 29.0 Å². The maximum atomic E-state index is 13.0. The highest BCUT2D eigenvalue weighted by atomic mass is 32.1. The Bertz CT molecular complexity index is 910. The van der Waals surface area contributed by atoms with Crippen molar-refractivity contribution < 1.29 is 9.21 Å². The van der Waals surface area contributed by atoms with Gasteiger partial charge in [-0.3, -0.25) is 4.79 Å². The average molecular weight is 338 g/mol. The van der Waals surface area contributed by atoms with Crippen LogP contribution in [0.5, 0.6) is 0 Å². The molecule has 24 heavy (non-hydrogen) atoms. The Hall–Kier alpha value is -2.67. The summed E-state index contributed by atoms with van der Waals surface area (Å²) in [5.41, 5.74) is 0.895. The molecule has 0 unspecified atom stereocenters. The Labute approximate surface area is 141 Å². The molecule has 3 aromatic heterocycles. The third-order valence-corrected chi connectivity index (χ3v) is 5.58. The molecule has 1 aliphatic heterocycles. The fourth-order valence-corrected chi connectivity index (χ4v) is 4.45. The predicted molar refractivity (Wildman–Crippen MR) is 88.7 cm³/mol. The summed E-state index contributed by atoms with van der Waals surface area (Å²) < 4.78 is 7.32. The van der Waals surface area contributed by atoms with Gasteiger partial charge in [0.05, 0.1) is 12.2 Å². The fraction of sp³-hybridized carbons (Fsp3) is 0.235. The quantitative estimate of drug-likeness (QED) is 0.777. The molecule has 6 nitrogen and oxygen atoms in total. The minimum atomic E-state index is -0.260. The van der Waals surface area contributed by atoms with Crippen molar-refractivity contribution in [2.75, 3.05) is 5.32 Å². The zero-order valence-corrected chi connectivity index (χ0v) is 13.4. The van der Waals surface area contributed by atoms with Crippen LogP contribution in [0, 0.1) is 5.92 Å². The third-order valence-electron chi connectivity index (χ3n) is 4.64. The molecule has 0 amide bonds. The van der Waals surface area contributed by atoms with E-state index in [1.54, 1.807) is 17.6 Å². The molecule has 4 heterocycles. The second-order valence-corrected chi connectivity index (χ2v) is 6.98. The van der Waals surface area contributed by atoms with Crippen molar-refractivity contribution in [2.24, 2.45) is 5.92 Å². The molecule has 3 aromatic rings. The van der Waals surface area contributed by atoms with E-state index in [1.165, 1.54) is 6.33 Å². The normalized spacial score (nSPS) is 25.6. The number of rotatable bonds is 2. The van der Waals surface area contributed by atoms with Crippen molar-refractivity contribution in [1.82, 2.24) is 14.8 Å². The van der Waals surface area contributed by atoms with Crippen LogP contribution in [0.4, 0.5) is 5.95 Å². The topological polar surface area (TPSA) is 73.0 Å². The van der Waals surface area contributed by atoms with Crippen LogP contribution < -0.4 is 5.32 Å². The van der Waals surface area contributed by atoms with E-state index in [4.69, 9.17) is 4.42 Å². The van der Waals surface area contributed by atoms with E-state index in [9.17, 15) is 4.79 Å². The van der Waals surface area contributed by atoms with E-state index in [1.807, 2.05) is 28.3 Å². The summed E-state index contributed by atoms with van der Waals surface area (Å²) in [6.45, 7) is 0. The number of aromatic nitrogens is 3. The van der Waals surface area contributed by atoms with Crippen LogP contribution in [0.15, 0.2) is 58.4 Å². The zero-order chi connectivity index (χ0) is 16.1. The molecular formula is C17H14N4O2S. The number of carbonyl (C=O) groups excluding carboxylic acids is 1. The molecule has 7 heteroatoms. The number of ketones is 1. The lowest BCUT2D eigenvalue weighted by Crippen LogP contribution is -2.39. The molecule has 0 bridgehead atoms. The Morgan fingerprint density at radius 3 is 3.08 bits per heavy atom. The van der Waals surface area contributed by atoms with Crippen LogP contribution >= 0.6 is 11.3 Å². The first-order chi connectivity index (χ1) is 11.8. The Kier molecular flexibility index (Phi) is 2.96. The maximum Gasteiger partial charge on any atom is 0.226 e. The van der Waals surface area contributed by atoms with Crippen molar-refractivity contribution in [3.05, 3.63) is 64.6 Å². The first kappa shape index (κ1) is 13.7. The van der Waals surface area contributed by atoms with Gasteiger partial charge in [-0.1, -0.05) is 12.1 Å². The Morgan fingerprint density at radius 2 is 2.29 bits per heavy atom. The number of fused-ring (bicyclic) bond motifs is 2. The van der Waals surface area contributed by atoms with Crippen molar-refractivity contribution >= 4 is 23.1 Å². The number of nitrogens with one attached hydrogen (secondary N) is 1. The third kappa shape index (κ3) is 1.98. The van der Waals surface area contributed by atoms with Gasteiger partial charge in [-0.05, 0) is 23.6 Å². The summed E-state index contributed by atoms with van der Waals surface area (Å²) in [5.74, 6) is 1.38. The number of Topliss-reactive ketones (excluding diaryl/α,β-unsaturated/α-hetero) is 1. The number of carbonyl (C=O) groups is 1. The summed E-state index contributed by atoms with van der Waals surface area (Å²) in [7, 11) is 0. The molecular weight excluding hydrogens is 324 g/mol. The number of hydrogen-bond acceptors (Lipinski definition) is 6. The summed E-state index contributed by atoms with van der Waals surface area (Å²) >= 11 is 1.64. The number of nitrogens with zero attached hydrogens (tertiary/aromatic N) is 3. The molecule has 120 valence electrons. The van der Waals surface area contributed by atoms with Gasteiger partial charge in [0.15, 0.2) is 0 Å². The van der Waals surface area contributed by atoms with Crippen LogP contribution in [0.2, 0.25) is 0 Å². The second kappa shape index (κ2) is 5.17. The monoisotopic (exact) mass is 338 g/mol. The van der Waals surface area contributed by atoms with Gasteiger partial charge in [0.2, 0.25) is 5.95 Å². The van der Waals surface area contributed by atoms with Crippen molar-refractivity contribution in [3.8, 4) is 0 Å². The molecule has 0 saturated carbocycles. The highest BCUT2D eigenvalue weighted by Gasteiger charge is 2.43. The summed E-state index contributed by atoms with van der Waals surface area (Å²) in [6.07, 6.45) is 5.71. The van der Waals surface area contributed by atoms with Gasteiger partial charge in [0.1, 0.15) is 23.9 Å². The molecule has 1 N–H and O–H groups in total. The van der Waals surface area contributed by atoms with E-state index < -0.39 is 0 Å². The zero-order valence-electron chi connectivity index (χ0n) is 12.6. The summed E-state index contributed by atoms with van der Waals surface area (Å²) in [6, 6.07) is 7.68. The van der Waals surface area contributed by atoms with Crippen LogP contribution in [0.3, 0.4) is 0 Å². The van der Waals surface area contributed by atoms with Crippen LogP contribution in [-0.2, 0) is 4.79 Å². The second-order valence-electron chi connectivity index (χ2n) is 6.01. The van der Waals surface area contributed by atoms with Gasteiger partial charge in [0.25, 0.3) is 0 Å². The highest BCUT2D eigenvalue weighted by Crippen LogP contribution is 2.44. The fourth-order valence-electron chi connectivity index (χ4n) is 3.60. The molecule has 1 aliphatic carbocycles. The van der Waals surface area contributed by atoms with Crippen molar-refractivity contribution in [3.63, 3.8) is 0 Å². The van der Waals surface area contributed by atoms with E-state index in [2.05, 4.69) is 27.5 Å². The minimum Gasteiger partial charge on any atom is -0.469 e. The van der Waals surface area contributed by atoms with Crippen LogP contribution in [-0.4, -0.2) is 20.5 Å². The van der Waals surface area contributed by atoms with E-state index >= 15 is 0 Å².